The Morgan fingerprint density at radius 2 is 1.15 bits per heavy atom. The minimum absolute atomic E-state index is 0.290. The highest BCUT2D eigenvalue weighted by molar-refractivity contribution is 5.83. The molecule has 1 rings (SSSR count). The SMILES string of the molecule is C#C[C@@H](CCCCCCCC#CCC/C=C\CC/C=C\CCCCCCCCCCCCCCCC)OC(=O)[C@@](OC)(c1ccccc1)C(F)(F)F. The minimum Gasteiger partial charge on any atom is -0.447 e. The van der Waals surface area contributed by atoms with Crippen molar-refractivity contribution in [3.05, 3.63) is 60.2 Å². The summed E-state index contributed by atoms with van der Waals surface area (Å²) in [4.78, 5) is 12.8. The molecule has 0 unspecified atom stereocenters. The fourth-order valence-corrected chi connectivity index (χ4v) is 6.30. The van der Waals surface area contributed by atoms with Crippen LogP contribution in [0.5, 0.6) is 0 Å². The van der Waals surface area contributed by atoms with Crippen molar-refractivity contribution in [2.45, 2.75) is 192 Å². The molecule has 0 aromatic heterocycles. The van der Waals surface area contributed by atoms with Gasteiger partial charge in [0, 0.05) is 25.5 Å². The largest absolute Gasteiger partial charge is 0.447 e. The van der Waals surface area contributed by atoms with Crippen LogP contribution >= 0.6 is 0 Å². The van der Waals surface area contributed by atoms with Gasteiger partial charge in [-0.05, 0) is 51.4 Å². The van der Waals surface area contributed by atoms with E-state index in [0.29, 0.717) is 6.42 Å². The van der Waals surface area contributed by atoms with Gasteiger partial charge in [-0.3, -0.25) is 0 Å². The van der Waals surface area contributed by atoms with Gasteiger partial charge in [0.1, 0.15) is 0 Å². The van der Waals surface area contributed by atoms with Crippen molar-refractivity contribution >= 4 is 5.97 Å². The highest BCUT2D eigenvalue weighted by Gasteiger charge is 2.64. The molecular formula is C46H69F3O3. The molecule has 0 radical (unpaired) electrons. The lowest BCUT2D eigenvalue weighted by Crippen LogP contribution is -2.52. The number of halogens is 3. The summed E-state index contributed by atoms with van der Waals surface area (Å²) in [5.41, 5.74) is -3.59. The Morgan fingerprint density at radius 3 is 1.69 bits per heavy atom. The predicted molar refractivity (Wildman–Crippen MR) is 212 cm³/mol. The highest BCUT2D eigenvalue weighted by Crippen LogP contribution is 2.43. The second-order valence-corrected chi connectivity index (χ2v) is 13.9. The van der Waals surface area contributed by atoms with Crippen molar-refractivity contribution in [1.82, 2.24) is 0 Å². The fraction of sp³-hybridized carbons (Fsp3) is 0.674. The van der Waals surface area contributed by atoms with Gasteiger partial charge in [0.15, 0.2) is 6.10 Å². The van der Waals surface area contributed by atoms with E-state index in [-0.39, 0.29) is 12.0 Å². The molecule has 0 aliphatic rings. The lowest BCUT2D eigenvalue weighted by atomic mass is 9.92. The average molecular weight is 727 g/mol. The second kappa shape index (κ2) is 31.6. The molecule has 0 saturated carbocycles. The summed E-state index contributed by atoms with van der Waals surface area (Å²) in [6.07, 6.45) is 39.1. The molecule has 3 nitrogen and oxygen atoms in total. The molecule has 1 aromatic carbocycles. The van der Waals surface area contributed by atoms with Crippen molar-refractivity contribution in [3.8, 4) is 24.2 Å². The molecule has 0 fully saturated rings. The van der Waals surface area contributed by atoms with E-state index in [4.69, 9.17) is 15.9 Å². The molecule has 6 heteroatoms. The normalized spacial score (nSPS) is 13.5. The molecule has 2 atom stereocenters. The zero-order chi connectivity index (χ0) is 38.0. The van der Waals surface area contributed by atoms with E-state index in [1.165, 1.54) is 121 Å². The molecule has 0 aliphatic heterocycles. The zero-order valence-corrected chi connectivity index (χ0v) is 32.6. The fourth-order valence-electron chi connectivity index (χ4n) is 6.30. The van der Waals surface area contributed by atoms with Gasteiger partial charge in [0.05, 0.1) is 0 Å². The summed E-state index contributed by atoms with van der Waals surface area (Å²) in [6.45, 7) is 2.28. The highest BCUT2D eigenvalue weighted by atomic mass is 19.4. The monoisotopic (exact) mass is 727 g/mol. The van der Waals surface area contributed by atoms with Crippen LogP contribution in [0.2, 0.25) is 0 Å². The van der Waals surface area contributed by atoms with Crippen LogP contribution < -0.4 is 0 Å². The van der Waals surface area contributed by atoms with Crippen LogP contribution in [0.3, 0.4) is 0 Å². The van der Waals surface area contributed by atoms with E-state index in [2.05, 4.69) is 49.0 Å². The third-order valence-electron chi connectivity index (χ3n) is 9.50. The molecule has 0 N–H and O–H groups in total. The Labute approximate surface area is 316 Å². The lowest BCUT2D eigenvalue weighted by Gasteiger charge is -2.33. The Kier molecular flexibility index (Phi) is 28.6. The van der Waals surface area contributed by atoms with Gasteiger partial charge in [-0.2, -0.15) is 13.2 Å². The van der Waals surface area contributed by atoms with Crippen molar-refractivity contribution in [3.63, 3.8) is 0 Å². The van der Waals surface area contributed by atoms with Crippen LogP contribution in [0, 0.1) is 24.2 Å². The Morgan fingerprint density at radius 1 is 0.673 bits per heavy atom. The molecule has 292 valence electrons. The van der Waals surface area contributed by atoms with Crippen LogP contribution in [0.15, 0.2) is 54.6 Å². The maximum Gasteiger partial charge on any atom is 0.432 e. The van der Waals surface area contributed by atoms with Crippen LogP contribution in [0.1, 0.15) is 179 Å². The Hall–Kier alpha value is -2.96. The standard InChI is InChI=1S/C46H69F3O3/c1-4-6-7-8-9-10-11-12-13-14-15-16-17-18-19-20-21-22-23-24-25-26-27-28-29-30-31-32-33-34-38-41-43(5-2)52-44(50)45(51-3,46(47,48)49)42-39-36-35-37-40-42/h2,20-21,24-25,35-37,39-40,43H,4,6-19,22-23,26-27,30-34,38,41H2,1,3H3/b21-20-,25-24-/t43-,45-/m0/s1. The summed E-state index contributed by atoms with van der Waals surface area (Å²) in [5, 5.41) is 0. The number of carbonyl (C=O) groups is 1. The number of methoxy groups -OCH3 is 1. The molecule has 0 heterocycles. The summed E-state index contributed by atoms with van der Waals surface area (Å²) in [5.74, 6) is 7.27. The first kappa shape index (κ1) is 47.1. The van der Waals surface area contributed by atoms with E-state index in [0.717, 1.165) is 64.9 Å². The van der Waals surface area contributed by atoms with Gasteiger partial charge in [-0.15, -0.1) is 18.3 Å². The van der Waals surface area contributed by atoms with Crippen molar-refractivity contribution < 1.29 is 27.4 Å². The van der Waals surface area contributed by atoms with Gasteiger partial charge in [-0.25, -0.2) is 4.79 Å². The van der Waals surface area contributed by atoms with Crippen LogP contribution in [0.4, 0.5) is 13.2 Å². The molecule has 1 aromatic rings. The number of hydrogen-bond donors (Lipinski definition) is 0. The number of carbonyl (C=O) groups excluding carboxylic acids is 1. The van der Waals surface area contributed by atoms with Gasteiger partial charge < -0.3 is 9.47 Å². The van der Waals surface area contributed by atoms with Crippen molar-refractivity contribution in [2.75, 3.05) is 7.11 Å². The van der Waals surface area contributed by atoms with E-state index in [1.54, 1.807) is 6.07 Å². The maximum atomic E-state index is 14.1. The van der Waals surface area contributed by atoms with Gasteiger partial charge in [0.2, 0.25) is 0 Å². The first-order valence-electron chi connectivity index (χ1n) is 20.4. The van der Waals surface area contributed by atoms with E-state index < -0.39 is 23.9 Å². The van der Waals surface area contributed by atoms with Gasteiger partial charge in [0.25, 0.3) is 5.60 Å². The average Bonchev–Trinajstić information content (AvgIpc) is 3.13. The number of hydrogen-bond acceptors (Lipinski definition) is 3. The second-order valence-electron chi connectivity index (χ2n) is 13.9. The van der Waals surface area contributed by atoms with Crippen molar-refractivity contribution in [2.24, 2.45) is 0 Å². The van der Waals surface area contributed by atoms with Crippen molar-refractivity contribution in [1.29, 1.82) is 0 Å². The van der Waals surface area contributed by atoms with Gasteiger partial charge >= 0.3 is 12.1 Å². The van der Waals surface area contributed by atoms with E-state index in [1.807, 2.05) is 0 Å². The topological polar surface area (TPSA) is 35.5 Å². The number of rotatable bonds is 31. The first-order valence-corrected chi connectivity index (χ1v) is 20.4. The first-order chi connectivity index (χ1) is 25.3. The quantitative estimate of drug-likeness (QED) is 0.0331. The zero-order valence-electron chi connectivity index (χ0n) is 32.6. The molecule has 0 amide bonds. The van der Waals surface area contributed by atoms with Crippen LogP contribution in [-0.4, -0.2) is 25.4 Å². The minimum atomic E-state index is -5.03. The number of terminal acetylenes is 1. The third kappa shape index (κ3) is 21.5. The van der Waals surface area contributed by atoms with Crippen LogP contribution in [0.25, 0.3) is 0 Å². The lowest BCUT2D eigenvalue weighted by molar-refractivity contribution is -0.277. The predicted octanol–water partition coefficient (Wildman–Crippen LogP) is 13.9. The summed E-state index contributed by atoms with van der Waals surface area (Å²) in [6, 6.07) is 6.75. The number of esters is 1. The molecule has 52 heavy (non-hydrogen) atoms. The smallest absolute Gasteiger partial charge is 0.432 e. The van der Waals surface area contributed by atoms with Gasteiger partial charge in [-0.1, -0.05) is 170 Å². The Balaban J connectivity index is 2.01. The summed E-state index contributed by atoms with van der Waals surface area (Å²) < 4.78 is 52.2. The molecule has 0 saturated heterocycles. The number of alkyl halides is 3. The summed E-state index contributed by atoms with van der Waals surface area (Å²) >= 11 is 0. The molecule has 0 bridgehead atoms. The molecular weight excluding hydrogens is 657 g/mol. The Bertz CT molecular complexity index is 1170. The third-order valence-corrected chi connectivity index (χ3v) is 9.50. The van der Waals surface area contributed by atoms with E-state index >= 15 is 0 Å². The molecule has 0 aliphatic carbocycles. The summed E-state index contributed by atoms with van der Waals surface area (Å²) in [7, 11) is 0.843. The number of benzene rings is 1. The van der Waals surface area contributed by atoms with E-state index in [9.17, 15) is 18.0 Å². The number of ether oxygens (including phenoxy) is 2. The van der Waals surface area contributed by atoms with Crippen LogP contribution in [-0.2, 0) is 19.9 Å². The number of allylic oxidation sites excluding steroid dienone is 4. The number of unbranched alkanes of at least 4 members (excludes halogenated alkanes) is 21. The maximum absolute atomic E-state index is 14.1. The molecule has 0 spiro atoms.